The van der Waals surface area contributed by atoms with Gasteiger partial charge in [-0.3, -0.25) is 4.39 Å². The topological polar surface area (TPSA) is 0 Å². The Kier molecular flexibility index (Phi) is 2.99. The lowest BCUT2D eigenvalue weighted by Gasteiger charge is -1.64. The van der Waals surface area contributed by atoms with Gasteiger partial charge in [-0.2, -0.15) is 0 Å². The van der Waals surface area contributed by atoms with Crippen molar-refractivity contribution in [2.45, 2.75) is 6.32 Å². The van der Waals surface area contributed by atoms with Gasteiger partial charge in [-0.05, 0) is 0 Å². The highest BCUT2D eigenvalue weighted by Crippen LogP contribution is 1.66. The van der Waals surface area contributed by atoms with Crippen molar-refractivity contribution in [2.75, 3.05) is 6.67 Å². The van der Waals surface area contributed by atoms with Crippen LogP contribution in [-0.4, -0.2) is 14.5 Å². The van der Waals surface area contributed by atoms with Crippen LogP contribution in [0.25, 0.3) is 0 Å². The van der Waals surface area contributed by atoms with Gasteiger partial charge >= 0.3 is 0 Å². The molecular weight excluding hydrogens is 53.8 g/mol. The third-order valence-electron chi connectivity index (χ3n) is 0.109. The Labute approximate surface area is 26.4 Å². The van der Waals surface area contributed by atoms with Crippen LogP contribution in [0.5, 0.6) is 0 Å². The zero-order valence-electron chi connectivity index (χ0n) is 2.37. The molecule has 0 aliphatic heterocycles. The molecule has 0 fully saturated rings. The Balaban J connectivity index is 1.97. The maximum atomic E-state index is 10.6. The fraction of sp³-hybridized carbons (Fsp3) is 1.00. The summed E-state index contributed by atoms with van der Waals surface area (Å²) < 4.78 is 10.6. The van der Waals surface area contributed by atoms with Gasteiger partial charge in [0.15, 0.2) is 0 Å². The lowest BCUT2D eigenvalue weighted by molar-refractivity contribution is 0.527. The van der Waals surface area contributed by atoms with E-state index in [4.69, 9.17) is 0 Å². The Bertz CT molecular complexity index is 8.00. The van der Waals surface area contributed by atoms with Gasteiger partial charge in [0, 0.05) is 0 Å². The zero-order chi connectivity index (χ0) is 3.41. The van der Waals surface area contributed by atoms with Crippen LogP contribution in [0, 0.1) is 0 Å². The average molecular weight is 57.9 g/mol. The fourth-order valence-corrected chi connectivity index (χ4v) is 0. The van der Waals surface area contributed by atoms with E-state index in [1.807, 2.05) is 0 Å². The molecule has 0 rings (SSSR count). The van der Waals surface area contributed by atoms with Crippen LogP contribution >= 0.6 is 0 Å². The van der Waals surface area contributed by atoms with Crippen LogP contribution in [-0.2, 0) is 0 Å². The monoisotopic (exact) mass is 58.0 g/mol. The van der Waals surface area contributed by atoms with Gasteiger partial charge in [-0.15, -0.1) is 0 Å². The SMILES string of the molecule is [B]CCF. The largest absolute Gasteiger partial charge is 0.252 e. The maximum Gasteiger partial charge on any atom is 0.0817 e. The molecule has 0 aromatic rings. The molecule has 0 heterocycles. The lowest BCUT2D eigenvalue weighted by atomic mass is 10.1. The summed E-state index contributed by atoms with van der Waals surface area (Å²) in [5.41, 5.74) is 0. The summed E-state index contributed by atoms with van der Waals surface area (Å²) in [6.45, 7) is -0.403. The summed E-state index contributed by atoms with van der Waals surface area (Å²) in [7, 11) is 4.65. The second-order valence-corrected chi connectivity index (χ2v) is 0.478. The summed E-state index contributed by atoms with van der Waals surface area (Å²) in [5, 5.41) is 0. The number of halogens is 1. The van der Waals surface area contributed by atoms with Crippen LogP contribution in [0.4, 0.5) is 4.39 Å². The zero-order valence-corrected chi connectivity index (χ0v) is 2.37. The second-order valence-electron chi connectivity index (χ2n) is 0.478. The fourth-order valence-electron chi connectivity index (χ4n) is 0. The highest BCUT2D eigenvalue weighted by Gasteiger charge is 1.61. The molecule has 0 unspecified atom stereocenters. The molecule has 0 spiro atoms. The number of hydrogen-bond donors (Lipinski definition) is 0. The van der Waals surface area contributed by atoms with Crippen molar-refractivity contribution in [3.8, 4) is 0 Å². The van der Waals surface area contributed by atoms with E-state index in [1.54, 1.807) is 0 Å². The molecule has 4 heavy (non-hydrogen) atoms. The van der Waals surface area contributed by atoms with Crippen molar-refractivity contribution in [3.05, 3.63) is 0 Å². The molecule has 0 aromatic heterocycles. The molecule has 0 saturated carbocycles. The van der Waals surface area contributed by atoms with Gasteiger partial charge in [0.05, 0.1) is 14.5 Å². The first-order valence-corrected chi connectivity index (χ1v) is 1.18. The molecule has 0 nitrogen and oxygen atoms in total. The van der Waals surface area contributed by atoms with Crippen molar-refractivity contribution in [1.82, 2.24) is 0 Å². The van der Waals surface area contributed by atoms with E-state index in [0.29, 0.717) is 0 Å². The number of rotatable bonds is 1. The van der Waals surface area contributed by atoms with Gasteiger partial charge in [-0.1, -0.05) is 6.32 Å². The van der Waals surface area contributed by atoms with E-state index in [9.17, 15) is 4.39 Å². The molecule has 0 saturated heterocycles. The standard InChI is InChI=1S/C2H4BF/c3-1-2-4/h1-2H2. The molecule has 0 bridgehead atoms. The number of hydrogen-bond acceptors (Lipinski definition) is 0. The first kappa shape index (κ1) is 3.99. The van der Waals surface area contributed by atoms with Gasteiger partial charge in [0.2, 0.25) is 0 Å². The number of alkyl halides is 1. The van der Waals surface area contributed by atoms with Gasteiger partial charge in [0.25, 0.3) is 0 Å². The van der Waals surface area contributed by atoms with E-state index in [1.165, 1.54) is 0 Å². The van der Waals surface area contributed by atoms with Crippen molar-refractivity contribution in [1.29, 1.82) is 0 Å². The van der Waals surface area contributed by atoms with E-state index in [-0.39, 0.29) is 6.32 Å². The van der Waals surface area contributed by atoms with Crippen molar-refractivity contribution >= 4 is 7.85 Å². The first-order chi connectivity index (χ1) is 1.91. The Morgan fingerprint density at radius 2 is 2.00 bits per heavy atom. The van der Waals surface area contributed by atoms with E-state index in [0.717, 1.165) is 0 Å². The second kappa shape index (κ2) is 2.99. The predicted octanol–water partition coefficient (Wildman–Crippen LogP) is 0.543. The van der Waals surface area contributed by atoms with Crippen LogP contribution in [0.2, 0.25) is 6.32 Å². The summed E-state index contributed by atoms with van der Waals surface area (Å²) in [4.78, 5) is 0. The van der Waals surface area contributed by atoms with Gasteiger partial charge < -0.3 is 0 Å². The smallest absolute Gasteiger partial charge is 0.0817 e. The summed E-state index contributed by atoms with van der Waals surface area (Å²) in [5.74, 6) is 0. The van der Waals surface area contributed by atoms with Crippen LogP contribution < -0.4 is 0 Å². The van der Waals surface area contributed by atoms with E-state index < -0.39 is 6.67 Å². The van der Waals surface area contributed by atoms with Crippen LogP contribution in [0.15, 0.2) is 0 Å². The molecule has 22 valence electrons. The minimum absolute atomic E-state index is 0.153. The highest BCUT2D eigenvalue weighted by molar-refractivity contribution is 6.08. The molecule has 0 aliphatic carbocycles. The minimum atomic E-state index is -0.403. The molecule has 0 N–H and O–H groups in total. The third-order valence-corrected chi connectivity index (χ3v) is 0.109. The van der Waals surface area contributed by atoms with Gasteiger partial charge in [0.1, 0.15) is 0 Å². The Hall–Kier alpha value is -0.00506. The average Bonchev–Trinajstić information content (AvgIpc) is 1.37. The summed E-state index contributed by atoms with van der Waals surface area (Å²) in [6.07, 6.45) is 0.153. The van der Waals surface area contributed by atoms with E-state index in [2.05, 4.69) is 7.85 Å². The molecule has 2 heteroatoms. The molecule has 0 aromatic carbocycles. The van der Waals surface area contributed by atoms with Crippen LogP contribution in [0.3, 0.4) is 0 Å². The third kappa shape index (κ3) is 1.99. The molecule has 2 radical (unpaired) electrons. The summed E-state index contributed by atoms with van der Waals surface area (Å²) in [6, 6.07) is 0. The van der Waals surface area contributed by atoms with E-state index >= 15 is 0 Å². The highest BCUT2D eigenvalue weighted by atomic mass is 19.1. The van der Waals surface area contributed by atoms with Gasteiger partial charge in [-0.25, -0.2) is 0 Å². The maximum absolute atomic E-state index is 10.6. The molecular formula is C2H4BF. The van der Waals surface area contributed by atoms with Crippen molar-refractivity contribution < 1.29 is 4.39 Å². The minimum Gasteiger partial charge on any atom is -0.252 e. The van der Waals surface area contributed by atoms with Crippen LogP contribution in [0.1, 0.15) is 0 Å². The molecule has 0 aliphatic rings. The van der Waals surface area contributed by atoms with Crippen molar-refractivity contribution in [2.24, 2.45) is 0 Å². The molecule has 0 amide bonds. The summed E-state index contributed by atoms with van der Waals surface area (Å²) >= 11 is 0. The first-order valence-electron chi connectivity index (χ1n) is 1.18. The normalized spacial score (nSPS) is 7.25. The Morgan fingerprint density at radius 1 is 1.75 bits per heavy atom. The van der Waals surface area contributed by atoms with Crippen molar-refractivity contribution in [3.63, 3.8) is 0 Å². The lowest BCUT2D eigenvalue weighted by Crippen LogP contribution is -1.64. The predicted molar refractivity (Wildman–Crippen MR) is 16.5 cm³/mol. The molecule has 0 atom stereocenters. The Morgan fingerprint density at radius 3 is 2.00 bits per heavy atom. The quantitative estimate of drug-likeness (QED) is 0.386.